The highest BCUT2D eigenvalue weighted by molar-refractivity contribution is 7.09. The molecule has 0 bridgehead atoms. The number of piperazine rings is 1. The van der Waals surface area contributed by atoms with Crippen LogP contribution < -0.4 is 10.3 Å². The number of carboxylic acid groups (broad SMARTS) is 1. The minimum atomic E-state index is -1.33. The summed E-state index contributed by atoms with van der Waals surface area (Å²) < 4.78 is 16.6. The zero-order valence-corrected chi connectivity index (χ0v) is 17.0. The smallest absolute Gasteiger partial charge is 0.341 e. The Hall–Kier alpha value is -2.78. The Morgan fingerprint density at radius 1 is 1.28 bits per heavy atom. The molecule has 3 heterocycles. The summed E-state index contributed by atoms with van der Waals surface area (Å²) in [4.78, 5) is 32.8. The van der Waals surface area contributed by atoms with Crippen molar-refractivity contribution >= 4 is 33.9 Å². The third-order valence-corrected chi connectivity index (χ3v) is 6.04. The van der Waals surface area contributed by atoms with Crippen LogP contribution in [0, 0.1) is 12.7 Å². The summed E-state index contributed by atoms with van der Waals surface area (Å²) in [5, 5.41) is 12.3. The summed E-state index contributed by atoms with van der Waals surface area (Å²) in [6, 6.07) is 2.82. The molecule has 0 saturated carbocycles. The molecule has 1 N–H and O–H groups in total. The van der Waals surface area contributed by atoms with E-state index in [0.717, 1.165) is 23.8 Å². The molecule has 0 radical (unpaired) electrons. The second-order valence-corrected chi connectivity index (χ2v) is 8.34. The van der Waals surface area contributed by atoms with Crippen LogP contribution in [0.4, 0.5) is 10.1 Å². The van der Waals surface area contributed by atoms with E-state index in [1.807, 2.05) is 24.3 Å². The highest BCUT2D eigenvalue weighted by atomic mass is 32.1. The van der Waals surface area contributed by atoms with Gasteiger partial charge in [-0.25, -0.2) is 14.2 Å². The average Bonchev–Trinajstić information content (AvgIpc) is 3.09. The van der Waals surface area contributed by atoms with Crippen LogP contribution in [0.15, 0.2) is 28.5 Å². The maximum atomic E-state index is 14.9. The first-order chi connectivity index (χ1) is 13.8. The van der Waals surface area contributed by atoms with Crippen molar-refractivity contribution in [1.29, 1.82) is 0 Å². The standard InChI is InChI=1S/C20H21FN4O3S/c1-12-22-13(11-29-12)9-25-10-15(20(27)28)19(26)14-7-16(21)18(8-17(14)25)24-5-3-23(2)4-6-24/h7-8,10-11H,3-6,9H2,1-2H3,(H,27,28). The van der Waals surface area contributed by atoms with E-state index < -0.39 is 17.2 Å². The molecule has 0 atom stereocenters. The molecule has 0 aliphatic carbocycles. The number of anilines is 1. The molecule has 29 heavy (non-hydrogen) atoms. The van der Waals surface area contributed by atoms with Crippen LogP contribution in [0.3, 0.4) is 0 Å². The van der Waals surface area contributed by atoms with Gasteiger partial charge in [-0.3, -0.25) is 4.79 Å². The van der Waals surface area contributed by atoms with E-state index in [9.17, 15) is 19.1 Å². The van der Waals surface area contributed by atoms with E-state index in [-0.39, 0.29) is 10.9 Å². The van der Waals surface area contributed by atoms with Gasteiger partial charge in [0.2, 0.25) is 5.43 Å². The van der Waals surface area contributed by atoms with E-state index >= 15 is 0 Å². The summed E-state index contributed by atoms with van der Waals surface area (Å²) in [5.74, 6) is -1.85. The van der Waals surface area contributed by atoms with Gasteiger partial charge in [-0.2, -0.15) is 0 Å². The number of aromatic nitrogens is 2. The molecule has 0 unspecified atom stereocenters. The lowest BCUT2D eigenvalue weighted by Crippen LogP contribution is -2.44. The van der Waals surface area contributed by atoms with Crippen molar-refractivity contribution in [3.8, 4) is 0 Å². The Kier molecular flexibility index (Phi) is 5.10. The van der Waals surface area contributed by atoms with Gasteiger partial charge >= 0.3 is 5.97 Å². The van der Waals surface area contributed by atoms with Gasteiger partial charge in [0.25, 0.3) is 0 Å². The molecular formula is C20H21FN4O3S. The van der Waals surface area contributed by atoms with Crippen LogP contribution in [-0.2, 0) is 6.54 Å². The SMILES string of the molecule is Cc1nc(Cn2cc(C(=O)O)c(=O)c3cc(F)c(N4CCN(C)CC4)cc32)cs1. The number of nitrogens with zero attached hydrogens (tertiary/aromatic N) is 4. The Bertz CT molecular complexity index is 1150. The van der Waals surface area contributed by atoms with E-state index in [2.05, 4.69) is 9.88 Å². The first-order valence-corrected chi connectivity index (χ1v) is 10.2. The molecule has 0 spiro atoms. The number of hydrogen-bond acceptors (Lipinski definition) is 6. The van der Waals surface area contributed by atoms with Crippen LogP contribution in [0.5, 0.6) is 0 Å². The minimum Gasteiger partial charge on any atom is -0.477 e. The van der Waals surface area contributed by atoms with Crippen molar-refractivity contribution in [1.82, 2.24) is 14.5 Å². The van der Waals surface area contributed by atoms with Crippen LogP contribution in [-0.4, -0.2) is 58.8 Å². The minimum absolute atomic E-state index is 0.0622. The van der Waals surface area contributed by atoms with Gasteiger partial charge in [0, 0.05) is 43.1 Å². The molecule has 1 fully saturated rings. The molecule has 9 heteroatoms. The largest absolute Gasteiger partial charge is 0.477 e. The number of aromatic carboxylic acids is 1. The van der Waals surface area contributed by atoms with Crippen molar-refractivity contribution in [3.63, 3.8) is 0 Å². The predicted octanol–water partition coefficient (Wildman–Crippen LogP) is 2.40. The van der Waals surface area contributed by atoms with Crippen molar-refractivity contribution in [2.45, 2.75) is 13.5 Å². The molecule has 152 valence electrons. The maximum absolute atomic E-state index is 14.9. The van der Waals surface area contributed by atoms with Crippen molar-refractivity contribution < 1.29 is 14.3 Å². The maximum Gasteiger partial charge on any atom is 0.341 e. The predicted molar refractivity (Wildman–Crippen MR) is 111 cm³/mol. The number of fused-ring (bicyclic) bond motifs is 1. The van der Waals surface area contributed by atoms with Gasteiger partial charge < -0.3 is 19.5 Å². The Balaban J connectivity index is 1.88. The fourth-order valence-corrected chi connectivity index (χ4v) is 4.23. The molecule has 4 rings (SSSR count). The second-order valence-electron chi connectivity index (χ2n) is 7.27. The fourth-order valence-electron chi connectivity index (χ4n) is 3.63. The molecule has 0 amide bonds. The number of pyridine rings is 1. The molecular weight excluding hydrogens is 395 g/mol. The van der Waals surface area contributed by atoms with Crippen molar-refractivity contribution in [3.05, 3.63) is 56.0 Å². The molecule has 1 aliphatic heterocycles. The Morgan fingerprint density at radius 2 is 2.00 bits per heavy atom. The summed E-state index contributed by atoms with van der Waals surface area (Å²) in [6.07, 6.45) is 1.33. The first-order valence-electron chi connectivity index (χ1n) is 9.28. The summed E-state index contributed by atoms with van der Waals surface area (Å²) in [7, 11) is 2.02. The topological polar surface area (TPSA) is 78.7 Å². The zero-order valence-electron chi connectivity index (χ0n) is 16.2. The van der Waals surface area contributed by atoms with Crippen LogP contribution in [0.2, 0.25) is 0 Å². The zero-order chi connectivity index (χ0) is 20.7. The molecule has 1 aromatic carbocycles. The average molecular weight is 416 g/mol. The number of halogens is 1. The first kappa shape index (κ1) is 19.5. The summed E-state index contributed by atoms with van der Waals surface area (Å²) >= 11 is 1.50. The van der Waals surface area contributed by atoms with E-state index in [1.54, 1.807) is 10.6 Å². The normalized spacial score (nSPS) is 15.2. The highest BCUT2D eigenvalue weighted by Gasteiger charge is 2.21. The lowest BCUT2D eigenvalue weighted by Gasteiger charge is -2.34. The fraction of sp³-hybridized carbons (Fsp3) is 0.350. The third-order valence-electron chi connectivity index (χ3n) is 5.22. The molecule has 1 saturated heterocycles. The van der Waals surface area contributed by atoms with Gasteiger partial charge in [0.15, 0.2) is 0 Å². The Morgan fingerprint density at radius 3 is 2.62 bits per heavy atom. The molecule has 7 nitrogen and oxygen atoms in total. The summed E-state index contributed by atoms with van der Waals surface area (Å²) in [5.41, 5.74) is 0.634. The second kappa shape index (κ2) is 7.57. The van der Waals surface area contributed by atoms with Gasteiger partial charge in [-0.1, -0.05) is 0 Å². The Labute approximate surface area is 170 Å². The number of carbonyl (C=O) groups is 1. The highest BCUT2D eigenvalue weighted by Crippen LogP contribution is 2.27. The number of hydrogen-bond donors (Lipinski definition) is 1. The number of aryl methyl sites for hydroxylation is 1. The van der Waals surface area contributed by atoms with Gasteiger partial charge in [0.05, 0.1) is 28.5 Å². The van der Waals surface area contributed by atoms with Crippen molar-refractivity contribution in [2.24, 2.45) is 0 Å². The molecule has 3 aromatic rings. The van der Waals surface area contributed by atoms with Gasteiger partial charge in [-0.15, -0.1) is 11.3 Å². The molecule has 2 aromatic heterocycles. The van der Waals surface area contributed by atoms with Crippen molar-refractivity contribution in [2.75, 3.05) is 38.1 Å². The van der Waals surface area contributed by atoms with Crippen LogP contribution in [0.1, 0.15) is 21.1 Å². The number of thiazole rings is 1. The summed E-state index contributed by atoms with van der Waals surface area (Å²) in [6.45, 7) is 5.19. The number of rotatable bonds is 4. The lowest BCUT2D eigenvalue weighted by molar-refractivity contribution is 0.0695. The number of carboxylic acids is 1. The van der Waals surface area contributed by atoms with Gasteiger partial charge in [0.1, 0.15) is 11.4 Å². The van der Waals surface area contributed by atoms with Crippen LogP contribution >= 0.6 is 11.3 Å². The van der Waals surface area contributed by atoms with Crippen LogP contribution in [0.25, 0.3) is 10.9 Å². The van der Waals surface area contributed by atoms with E-state index in [4.69, 9.17) is 0 Å². The third kappa shape index (κ3) is 3.75. The number of likely N-dealkylation sites (N-methyl/N-ethyl adjacent to an activating group) is 1. The number of benzene rings is 1. The van der Waals surface area contributed by atoms with E-state index in [0.29, 0.717) is 30.8 Å². The van der Waals surface area contributed by atoms with Gasteiger partial charge in [-0.05, 0) is 26.1 Å². The quantitative estimate of drug-likeness (QED) is 0.704. The monoisotopic (exact) mass is 416 g/mol. The van der Waals surface area contributed by atoms with E-state index in [1.165, 1.54) is 23.6 Å². The lowest BCUT2D eigenvalue weighted by atomic mass is 10.1. The molecule has 1 aliphatic rings.